The second-order valence-electron chi connectivity index (χ2n) is 3.58. The van der Waals surface area contributed by atoms with Crippen LogP contribution in [0.2, 0.25) is 0 Å². The molecule has 0 aliphatic carbocycles. The van der Waals surface area contributed by atoms with Crippen molar-refractivity contribution in [2.45, 2.75) is 17.3 Å². The highest BCUT2D eigenvalue weighted by molar-refractivity contribution is 6.54. The van der Waals surface area contributed by atoms with Gasteiger partial charge in [-0.1, -0.05) is 53.5 Å². The van der Waals surface area contributed by atoms with Gasteiger partial charge in [0.2, 0.25) is 0 Å². The van der Waals surface area contributed by atoms with E-state index < -0.39 is 22.8 Å². The van der Waals surface area contributed by atoms with Gasteiger partial charge in [-0.2, -0.15) is 0 Å². The van der Waals surface area contributed by atoms with E-state index >= 15 is 0 Å². The molecule has 4 nitrogen and oxygen atoms in total. The van der Waals surface area contributed by atoms with Crippen LogP contribution in [0.4, 0.5) is 4.79 Å². The first-order chi connectivity index (χ1) is 8.54. The highest BCUT2D eigenvalue weighted by Gasteiger charge is 2.26. The van der Waals surface area contributed by atoms with Crippen LogP contribution in [0.1, 0.15) is 5.56 Å². The minimum atomic E-state index is -1.18. The van der Waals surface area contributed by atoms with E-state index in [0.717, 1.165) is 5.56 Å². The van der Waals surface area contributed by atoms with Crippen molar-refractivity contribution >= 4 is 35.1 Å². The number of amides is 1. The SMILES string of the molecule is COC(=O)NC(Cc1ccccc1)C(=O)C(Cl)Cl. The largest absolute Gasteiger partial charge is 0.453 e. The van der Waals surface area contributed by atoms with E-state index in [1.807, 2.05) is 30.3 Å². The molecule has 0 saturated carbocycles. The first-order valence-electron chi connectivity index (χ1n) is 5.25. The van der Waals surface area contributed by atoms with Crippen molar-refractivity contribution in [1.29, 1.82) is 0 Å². The highest BCUT2D eigenvalue weighted by atomic mass is 35.5. The van der Waals surface area contributed by atoms with Crippen LogP contribution in [-0.2, 0) is 16.0 Å². The molecule has 0 aliphatic rings. The topological polar surface area (TPSA) is 55.4 Å². The molecule has 1 aromatic rings. The molecular weight excluding hydrogens is 277 g/mol. The first kappa shape index (κ1) is 14.8. The Labute approximate surface area is 115 Å². The number of hydrogen-bond acceptors (Lipinski definition) is 3. The van der Waals surface area contributed by atoms with E-state index in [4.69, 9.17) is 23.2 Å². The number of nitrogens with one attached hydrogen (secondary N) is 1. The summed E-state index contributed by atoms with van der Waals surface area (Å²) in [6.07, 6.45) is -0.386. The third-order valence-electron chi connectivity index (χ3n) is 2.32. The molecule has 1 atom stereocenters. The lowest BCUT2D eigenvalue weighted by atomic mass is 10.0. The van der Waals surface area contributed by atoms with Crippen molar-refractivity contribution in [3.63, 3.8) is 0 Å². The molecule has 0 aliphatic heterocycles. The Morgan fingerprint density at radius 3 is 2.39 bits per heavy atom. The van der Waals surface area contributed by atoms with Crippen molar-refractivity contribution in [2.24, 2.45) is 0 Å². The van der Waals surface area contributed by atoms with Gasteiger partial charge in [-0.15, -0.1) is 0 Å². The Kier molecular flexibility index (Phi) is 5.95. The maximum Gasteiger partial charge on any atom is 0.407 e. The summed E-state index contributed by atoms with van der Waals surface area (Å²) in [5.74, 6) is -0.465. The highest BCUT2D eigenvalue weighted by Crippen LogP contribution is 2.11. The maximum atomic E-state index is 11.8. The van der Waals surface area contributed by atoms with Gasteiger partial charge in [-0.3, -0.25) is 4.79 Å². The molecule has 0 fully saturated rings. The normalized spacial score (nSPS) is 12.0. The summed E-state index contributed by atoms with van der Waals surface area (Å²) in [7, 11) is 1.22. The molecule has 0 spiro atoms. The third-order valence-corrected chi connectivity index (χ3v) is 2.75. The summed E-state index contributed by atoms with van der Waals surface area (Å²) < 4.78 is 4.46. The van der Waals surface area contributed by atoms with Crippen molar-refractivity contribution < 1.29 is 14.3 Å². The van der Waals surface area contributed by atoms with Crippen LogP contribution in [0, 0.1) is 0 Å². The molecule has 1 amide bonds. The van der Waals surface area contributed by atoms with Gasteiger partial charge < -0.3 is 10.1 Å². The average Bonchev–Trinajstić information content (AvgIpc) is 2.38. The number of ether oxygens (including phenoxy) is 1. The lowest BCUT2D eigenvalue weighted by molar-refractivity contribution is -0.119. The summed E-state index contributed by atoms with van der Waals surface area (Å²) in [6.45, 7) is 0. The van der Waals surface area contributed by atoms with Crippen LogP contribution in [0.3, 0.4) is 0 Å². The van der Waals surface area contributed by atoms with Crippen LogP contribution in [0.25, 0.3) is 0 Å². The molecule has 98 valence electrons. The van der Waals surface area contributed by atoms with Gasteiger partial charge in [0.05, 0.1) is 13.2 Å². The van der Waals surface area contributed by atoms with Gasteiger partial charge in [0, 0.05) is 0 Å². The third kappa shape index (κ3) is 4.55. The maximum absolute atomic E-state index is 11.8. The Morgan fingerprint density at radius 2 is 1.89 bits per heavy atom. The number of carbonyl (C=O) groups is 2. The molecule has 0 saturated heterocycles. The molecule has 0 radical (unpaired) electrons. The minimum absolute atomic E-state index is 0.310. The van der Waals surface area contributed by atoms with Crippen molar-refractivity contribution in [3.8, 4) is 0 Å². The van der Waals surface area contributed by atoms with Gasteiger partial charge in [-0.25, -0.2) is 4.79 Å². The number of halogens is 2. The van der Waals surface area contributed by atoms with E-state index in [1.165, 1.54) is 7.11 Å². The summed E-state index contributed by atoms with van der Waals surface area (Å²) in [4.78, 5) is 21.7. The van der Waals surface area contributed by atoms with E-state index in [9.17, 15) is 9.59 Å². The standard InChI is InChI=1S/C12H13Cl2NO3/c1-18-12(17)15-9(10(16)11(13)14)7-8-5-3-2-4-6-8/h2-6,9,11H,7H2,1H3,(H,15,17). The number of carbonyl (C=O) groups excluding carboxylic acids is 2. The predicted molar refractivity (Wildman–Crippen MR) is 70.0 cm³/mol. The van der Waals surface area contributed by atoms with E-state index in [1.54, 1.807) is 0 Å². The predicted octanol–water partition coefficient (Wildman–Crippen LogP) is 2.33. The van der Waals surface area contributed by atoms with Gasteiger partial charge >= 0.3 is 6.09 Å². The number of alkyl carbamates (subject to hydrolysis) is 1. The molecule has 0 aromatic heterocycles. The zero-order chi connectivity index (χ0) is 13.5. The van der Waals surface area contributed by atoms with E-state index in [0.29, 0.717) is 6.42 Å². The fourth-order valence-corrected chi connectivity index (χ4v) is 1.73. The monoisotopic (exact) mass is 289 g/mol. The number of benzene rings is 1. The zero-order valence-electron chi connectivity index (χ0n) is 9.73. The number of rotatable bonds is 5. The quantitative estimate of drug-likeness (QED) is 0.847. The van der Waals surface area contributed by atoms with Crippen LogP contribution in [0.5, 0.6) is 0 Å². The molecule has 6 heteroatoms. The number of methoxy groups -OCH3 is 1. The van der Waals surface area contributed by atoms with Crippen LogP contribution in [-0.4, -0.2) is 29.9 Å². The van der Waals surface area contributed by atoms with Gasteiger partial charge in [0.1, 0.15) is 0 Å². The van der Waals surface area contributed by atoms with Crippen molar-refractivity contribution in [1.82, 2.24) is 5.32 Å². The second kappa shape index (κ2) is 7.24. The van der Waals surface area contributed by atoms with Crippen LogP contribution >= 0.6 is 23.2 Å². The minimum Gasteiger partial charge on any atom is -0.453 e. The summed E-state index contributed by atoms with van der Waals surface area (Å²) >= 11 is 11.1. The number of Topliss-reactive ketones (excluding diaryl/α,β-unsaturated/α-hetero) is 1. The first-order valence-corrected chi connectivity index (χ1v) is 6.12. The van der Waals surface area contributed by atoms with E-state index in [-0.39, 0.29) is 0 Å². The molecule has 1 aromatic carbocycles. The Bertz CT molecular complexity index is 409. The molecule has 1 rings (SSSR count). The number of ketones is 1. The molecule has 18 heavy (non-hydrogen) atoms. The molecule has 0 heterocycles. The molecular formula is C12H13Cl2NO3. The lowest BCUT2D eigenvalue weighted by Gasteiger charge is -2.17. The molecule has 0 bridgehead atoms. The second-order valence-corrected chi connectivity index (χ2v) is 4.68. The fraction of sp³-hybridized carbons (Fsp3) is 0.333. The van der Waals surface area contributed by atoms with Gasteiger partial charge in [0.25, 0.3) is 0 Å². The van der Waals surface area contributed by atoms with E-state index in [2.05, 4.69) is 10.1 Å². The average molecular weight is 290 g/mol. The number of alkyl halides is 2. The lowest BCUT2D eigenvalue weighted by Crippen LogP contribution is -2.44. The summed E-state index contributed by atoms with van der Waals surface area (Å²) in [5, 5.41) is 2.42. The van der Waals surface area contributed by atoms with Gasteiger partial charge in [0.15, 0.2) is 10.6 Å². The van der Waals surface area contributed by atoms with Crippen molar-refractivity contribution in [3.05, 3.63) is 35.9 Å². The molecule has 1 unspecified atom stereocenters. The Balaban J connectivity index is 2.77. The van der Waals surface area contributed by atoms with Gasteiger partial charge in [-0.05, 0) is 12.0 Å². The zero-order valence-corrected chi connectivity index (χ0v) is 11.2. The smallest absolute Gasteiger partial charge is 0.407 e. The Morgan fingerprint density at radius 1 is 1.28 bits per heavy atom. The summed E-state index contributed by atoms with van der Waals surface area (Å²) in [6, 6.07) is 8.43. The van der Waals surface area contributed by atoms with Crippen LogP contribution < -0.4 is 5.32 Å². The van der Waals surface area contributed by atoms with Crippen molar-refractivity contribution in [2.75, 3.05) is 7.11 Å². The molecule has 1 N–H and O–H groups in total. The van der Waals surface area contributed by atoms with Crippen LogP contribution in [0.15, 0.2) is 30.3 Å². The fourth-order valence-electron chi connectivity index (χ4n) is 1.43. The Hall–Kier alpha value is -1.26. The summed E-state index contributed by atoms with van der Waals surface area (Å²) in [5.41, 5.74) is 0.890. The number of hydrogen-bond donors (Lipinski definition) is 1.